The van der Waals surface area contributed by atoms with Crippen molar-refractivity contribution in [2.24, 2.45) is 0 Å². The zero-order valence-corrected chi connectivity index (χ0v) is 15.9. The zero-order valence-electron chi connectivity index (χ0n) is 15.2. The molecule has 27 heavy (non-hydrogen) atoms. The molecule has 0 bridgehead atoms. The highest BCUT2D eigenvalue weighted by Crippen LogP contribution is 2.18. The Labute approximate surface area is 163 Å². The van der Waals surface area contributed by atoms with Gasteiger partial charge in [-0.1, -0.05) is 47.5 Å². The first-order valence-corrected chi connectivity index (χ1v) is 9.24. The second-order valence-corrected chi connectivity index (χ2v) is 6.69. The normalized spacial score (nSPS) is 10.6. The third-order valence-corrected chi connectivity index (χ3v) is 4.47. The molecule has 0 atom stereocenters. The van der Waals surface area contributed by atoms with Gasteiger partial charge in [0.25, 0.3) is 0 Å². The summed E-state index contributed by atoms with van der Waals surface area (Å²) in [4.78, 5) is 12.2. The molecule has 2 aromatic carbocycles. The molecule has 1 heterocycles. The van der Waals surface area contributed by atoms with Crippen molar-refractivity contribution in [3.63, 3.8) is 0 Å². The molecule has 0 radical (unpaired) electrons. The van der Waals surface area contributed by atoms with E-state index < -0.39 is 0 Å². The van der Waals surface area contributed by atoms with Crippen LogP contribution in [-0.2, 0) is 11.3 Å². The lowest BCUT2D eigenvalue weighted by molar-refractivity contribution is -0.116. The van der Waals surface area contributed by atoms with Crippen LogP contribution >= 0.6 is 11.6 Å². The number of anilines is 1. The van der Waals surface area contributed by atoms with E-state index in [0.717, 1.165) is 11.3 Å². The molecule has 6 heteroatoms. The van der Waals surface area contributed by atoms with E-state index in [1.54, 1.807) is 16.9 Å². The van der Waals surface area contributed by atoms with Gasteiger partial charge in [0.15, 0.2) is 0 Å². The van der Waals surface area contributed by atoms with Crippen LogP contribution < -0.4 is 10.1 Å². The van der Waals surface area contributed by atoms with Gasteiger partial charge in [-0.25, -0.2) is 4.68 Å². The number of aromatic nitrogens is 2. The van der Waals surface area contributed by atoms with Gasteiger partial charge in [0.2, 0.25) is 5.91 Å². The van der Waals surface area contributed by atoms with Crippen LogP contribution in [0.5, 0.6) is 5.75 Å². The Morgan fingerprint density at radius 2 is 1.93 bits per heavy atom. The summed E-state index contributed by atoms with van der Waals surface area (Å²) < 4.78 is 7.37. The number of benzene rings is 2. The molecule has 1 amide bonds. The molecular weight excluding hydrogens is 362 g/mol. The molecule has 0 aliphatic heterocycles. The lowest BCUT2D eigenvalue weighted by atomic mass is 10.2. The number of ether oxygens (including phenoxy) is 1. The van der Waals surface area contributed by atoms with Crippen LogP contribution in [0.1, 0.15) is 24.0 Å². The lowest BCUT2D eigenvalue weighted by Crippen LogP contribution is -2.16. The van der Waals surface area contributed by atoms with E-state index in [1.165, 1.54) is 5.56 Å². The van der Waals surface area contributed by atoms with Gasteiger partial charge in [0.05, 0.1) is 19.3 Å². The number of carbonyl (C=O) groups is 1. The SMILES string of the molecule is Cc1ccc(OCCCC(=O)Nc2ccnn2Cc2ccccc2Cl)cc1. The Morgan fingerprint density at radius 3 is 2.70 bits per heavy atom. The first kappa shape index (κ1) is 19.0. The van der Waals surface area contributed by atoms with E-state index in [-0.39, 0.29) is 5.91 Å². The predicted molar refractivity (Wildman–Crippen MR) is 107 cm³/mol. The van der Waals surface area contributed by atoms with Crippen LogP contribution in [0.25, 0.3) is 0 Å². The number of carbonyl (C=O) groups excluding carboxylic acids is 1. The molecule has 0 saturated heterocycles. The lowest BCUT2D eigenvalue weighted by Gasteiger charge is -2.10. The highest BCUT2D eigenvalue weighted by atomic mass is 35.5. The molecule has 3 aromatic rings. The van der Waals surface area contributed by atoms with E-state index >= 15 is 0 Å². The van der Waals surface area contributed by atoms with Crippen molar-refractivity contribution in [1.29, 1.82) is 0 Å². The second kappa shape index (κ2) is 9.24. The predicted octanol–water partition coefficient (Wildman–Crippen LogP) is 4.69. The summed E-state index contributed by atoms with van der Waals surface area (Å²) in [6, 6.07) is 17.2. The number of halogens is 1. The first-order valence-electron chi connectivity index (χ1n) is 8.86. The van der Waals surface area contributed by atoms with E-state index in [4.69, 9.17) is 16.3 Å². The van der Waals surface area contributed by atoms with Gasteiger partial charge in [0, 0.05) is 17.5 Å². The van der Waals surface area contributed by atoms with Crippen molar-refractivity contribution < 1.29 is 9.53 Å². The number of nitrogens with zero attached hydrogens (tertiary/aromatic N) is 2. The van der Waals surface area contributed by atoms with Crippen LogP contribution in [0.2, 0.25) is 5.02 Å². The van der Waals surface area contributed by atoms with Crippen LogP contribution in [-0.4, -0.2) is 22.3 Å². The maximum atomic E-state index is 12.2. The first-order chi connectivity index (χ1) is 13.1. The standard InChI is InChI=1S/C21H22ClN3O2/c1-16-8-10-18(11-9-16)27-14-4-7-21(26)24-20-12-13-23-25(20)15-17-5-2-3-6-19(17)22/h2-3,5-6,8-13H,4,7,14-15H2,1H3,(H,24,26). The largest absolute Gasteiger partial charge is 0.494 e. The summed E-state index contributed by atoms with van der Waals surface area (Å²) in [5.41, 5.74) is 2.14. The Bertz CT molecular complexity index is 890. The Hall–Kier alpha value is -2.79. The van der Waals surface area contributed by atoms with E-state index in [0.29, 0.717) is 36.8 Å². The van der Waals surface area contributed by atoms with Gasteiger partial charge in [0.1, 0.15) is 11.6 Å². The van der Waals surface area contributed by atoms with Gasteiger partial charge >= 0.3 is 0 Å². The molecule has 0 spiro atoms. The smallest absolute Gasteiger partial charge is 0.225 e. The minimum atomic E-state index is -0.0663. The van der Waals surface area contributed by atoms with Gasteiger partial charge in [-0.15, -0.1) is 0 Å². The Morgan fingerprint density at radius 1 is 1.15 bits per heavy atom. The van der Waals surface area contributed by atoms with Crippen molar-refractivity contribution in [2.45, 2.75) is 26.3 Å². The van der Waals surface area contributed by atoms with Crippen LogP contribution in [0.3, 0.4) is 0 Å². The number of hydrogen-bond donors (Lipinski definition) is 1. The molecule has 0 aliphatic carbocycles. The summed E-state index contributed by atoms with van der Waals surface area (Å²) in [5.74, 6) is 1.40. The number of nitrogens with one attached hydrogen (secondary N) is 1. The highest BCUT2D eigenvalue weighted by molar-refractivity contribution is 6.31. The minimum absolute atomic E-state index is 0.0663. The van der Waals surface area contributed by atoms with Gasteiger partial charge in [-0.05, 0) is 37.1 Å². The summed E-state index contributed by atoms with van der Waals surface area (Å²) in [7, 11) is 0. The van der Waals surface area contributed by atoms with Crippen LogP contribution in [0.4, 0.5) is 5.82 Å². The monoisotopic (exact) mass is 383 g/mol. The van der Waals surface area contributed by atoms with Crippen molar-refractivity contribution in [3.8, 4) is 5.75 Å². The third-order valence-electron chi connectivity index (χ3n) is 4.10. The van der Waals surface area contributed by atoms with Crippen LogP contribution in [0.15, 0.2) is 60.8 Å². The van der Waals surface area contributed by atoms with Crippen molar-refractivity contribution in [1.82, 2.24) is 9.78 Å². The summed E-state index contributed by atoms with van der Waals surface area (Å²) in [5, 5.41) is 7.85. The average Bonchev–Trinajstić information content (AvgIpc) is 3.09. The minimum Gasteiger partial charge on any atom is -0.494 e. The third kappa shape index (κ3) is 5.59. The topological polar surface area (TPSA) is 56.1 Å². The molecule has 1 aromatic heterocycles. The molecule has 0 unspecified atom stereocenters. The molecular formula is C21H22ClN3O2. The average molecular weight is 384 g/mol. The summed E-state index contributed by atoms with van der Waals surface area (Å²) in [6.07, 6.45) is 2.68. The van der Waals surface area contributed by atoms with Crippen molar-refractivity contribution in [3.05, 3.63) is 76.9 Å². The maximum Gasteiger partial charge on any atom is 0.225 e. The molecule has 0 aliphatic rings. The molecule has 140 valence electrons. The Kier molecular flexibility index (Phi) is 6.49. The van der Waals surface area contributed by atoms with Crippen LogP contribution in [0, 0.1) is 6.92 Å². The molecule has 5 nitrogen and oxygen atoms in total. The molecule has 0 fully saturated rings. The number of aryl methyl sites for hydroxylation is 1. The van der Waals surface area contributed by atoms with Crippen molar-refractivity contribution >= 4 is 23.3 Å². The van der Waals surface area contributed by atoms with E-state index in [9.17, 15) is 4.79 Å². The highest BCUT2D eigenvalue weighted by Gasteiger charge is 2.09. The molecule has 3 rings (SSSR count). The number of hydrogen-bond acceptors (Lipinski definition) is 3. The fourth-order valence-electron chi connectivity index (χ4n) is 2.62. The molecule has 0 saturated carbocycles. The fraction of sp³-hybridized carbons (Fsp3) is 0.238. The Balaban J connectivity index is 1.46. The summed E-state index contributed by atoms with van der Waals surface area (Å²) >= 11 is 6.20. The van der Waals surface area contributed by atoms with E-state index in [2.05, 4.69) is 10.4 Å². The number of amides is 1. The molecule has 1 N–H and O–H groups in total. The summed E-state index contributed by atoms with van der Waals surface area (Å²) in [6.45, 7) is 3.03. The van der Waals surface area contributed by atoms with Gasteiger partial charge < -0.3 is 10.1 Å². The zero-order chi connectivity index (χ0) is 19.1. The van der Waals surface area contributed by atoms with E-state index in [1.807, 2.05) is 55.5 Å². The van der Waals surface area contributed by atoms with Gasteiger partial charge in [-0.3, -0.25) is 4.79 Å². The quantitative estimate of drug-likeness (QED) is 0.574. The maximum absolute atomic E-state index is 12.2. The number of rotatable bonds is 8. The van der Waals surface area contributed by atoms with Gasteiger partial charge in [-0.2, -0.15) is 5.10 Å². The fourth-order valence-corrected chi connectivity index (χ4v) is 2.81. The second-order valence-electron chi connectivity index (χ2n) is 6.28. The van der Waals surface area contributed by atoms with Crippen molar-refractivity contribution in [2.75, 3.05) is 11.9 Å².